The van der Waals surface area contributed by atoms with Gasteiger partial charge in [0.15, 0.2) is 11.5 Å². The molecule has 6 heteroatoms. The highest BCUT2D eigenvalue weighted by Crippen LogP contribution is 2.35. The number of aromatic nitrogens is 2. The summed E-state index contributed by atoms with van der Waals surface area (Å²) in [5.41, 5.74) is 2.84. The highest BCUT2D eigenvalue weighted by molar-refractivity contribution is 5.81. The van der Waals surface area contributed by atoms with Gasteiger partial charge in [0.25, 0.3) is 0 Å². The molecule has 4 aromatic rings. The molecular formula is C21H18N2O4. The number of hydrogen-bond acceptors (Lipinski definition) is 5. The van der Waals surface area contributed by atoms with Crippen molar-refractivity contribution in [1.82, 2.24) is 9.78 Å². The number of furan rings is 2. The lowest BCUT2D eigenvalue weighted by Crippen LogP contribution is -2.09. The van der Waals surface area contributed by atoms with Crippen LogP contribution in [0, 0.1) is 0 Å². The maximum Gasteiger partial charge on any atom is 0.310 e. The zero-order chi connectivity index (χ0) is 18.6. The number of carbonyl (C=O) groups excluding carboxylic acids is 1. The first kappa shape index (κ1) is 16.9. The predicted octanol–water partition coefficient (Wildman–Crippen LogP) is 4.50. The Kier molecular flexibility index (Phi) is 4.61. The van der Waals surface area contributed by atoms with E-state index in [4.69, 9.17) is 18.7 Å². The van der Waals surface area contributed by atoms with Gasteiger partial charge in [0.05, 0.1) is 31.2 Å². The Labute approximate surface area is 156 Å². The fraction of sp³-hybridized carbons (Fsp3) is 0.143. The molecular weight excluding hydrogens is 344 g/mol. The van der Waals surface area contributed by atoms with Gasteiger partial charge in [0, 0.05) is 5.56 Å². The van der Waals surface area contributed by atoms with Crippen molar-refractivity contribution < 1.29 is 18.4 Å². The van der Waals surface area contributed by atoms with E-state index in [1.165, 1.54) is 0 Å². The first-order chi connectivity index (χ1) is 13.3. The van der Waals surface area contributed by atoms with Gasteiger partial charge in [-0.25, -0.2) is 4.68 Å². The summed E-state index contributed by atoms with van der Waals surface area (Å²) in [4.78, 5) is 12.3. The summed E-state index contributed by atoms with van der Waals surface area (Å²) in [7, 11) is 0. The van der Waals surface area contributed by atoms with Crippen LogP contribution in [0.25, 0.3) is 28.6 Å². The Morgan fingerprint density at radius 3 is 2.33 bits per heavy atom. The lowest BCUT2D eigenvalue weighted by molar-refractivity contribution is -0.142. The first-order valence-electron chi connectivity index (χ1n) is 8.68. The molecule has 136 valence electrons. The van der Waals surface area contributed by atoms with E-state index in [1.54, 1.807) is 36.3 Å². The van der Waals surface area contributed by atoms with Gasteiger partial charge in [-0.15, -0.1) is 0 Å². The Hall–Kier alpha value is -3.54. The van der Waals surface area contributed by atoms with Gasteiger partial charge < -0.3 is 13.6 Å². The van der Waals surface area contributed by atoms with Crippen LogP contribution >= 0.6 is 0 Å². The van der Waals surface area contributed by atoms with Gasteiger partial charge in [-0.05, 0) is 43.3 Å². The maximum absolute atomic E-state index is 12.3. The van der Waals surface area contributed by atoms with Crippen LogP contribution in [-0.2, 0) is 16.0 Å². The second-order valence-corrected chi connectivity index (χ2v) is 5.86. The van der Waals surface area contributed by atoms with Crippen LogP contribution in [0.5, 0.6) is 0 Å². The van der Waals surface area contributed by atoms with E-state index >= 15 is 0 Å². The third kappa shape index (κ3) is 3.29. The second-order valence-electron chi connectivity index (χ2n) is 5.86. The molecule has 0 saturated carbocycles. The highest BCUT2D eigenvalue weighted by Gasteiger charge is 2.26. The summed E-state index contributed by atoms with van der Waals surface area (Å²) in [5.74, 6) is 0.867. The Morgan fingerprint density at radius 2 is 1.70 bits per heavy atom. The molecule has 0 atom stereocenters. The number of para-hydroxylation sites is 1. The van der Waals surface area contributed by atoms with Crippen molar-refractivity contribution in [3.8, 4) is 28.6 Å². The van der Waals surface area contributed by atoms with Crippen molar-refractivity contribution in [2.24, 2.45) is 0 Å². The SMILES string of the molecule is CCOC(=O)Cc1c(-c2ccco2)nn(-c2ccccc2)c1-c1ccco1. The molecule has 0 aliphatic heterocycles. The third-order valence-corrected chi connectivity index (χ3v) is 4.12. The van der Waals surface area contributed by atoms with Gasteiger partial charge in [-0.3, -0.25) is 4.79 Å². The van der Waals surface area contributed by atoms with Crippen LogP contribution in [0.3, 0.4) is 0 Å². The van der Waals surface area contributed by atoms with Gasteiger partial charge in [0.2, 0.25) is 0 Å². The molecule has 0 saturated heterocycles. The quantitative estimate of drug-likeness (QED) is 0.472. The maximum atomic E-state index is 12.3. The number of benzene rings is 1. The zero-order valence-electron chi connectivity index (χ0n) is 14.8. The average Bonchev–Trinajstić information content (AvgIpc) is 3.43. The monoisotopic (exact) mass is 362 g/mol. The molecule has 27 heavy (non-hydrogen) atoms. The van der Waals surface area contributed by atoms with E-state index in [0.717, 1.165) is 5.69 Å². The number of hydrogen-bond donors (Lipinski definition) is 0. The topological polar surface area (TPSA) is 70.4 Å². The van der Waals surface area contributed by atoms with Gasteiger partial charge in [-0.2, -0.15) is 5.10 Å². The van der Waals surface area contributed by atoms with Crippen molar-refractivity contribution in [1.29, 1.82) is 0 Å². The number of carbonyl (C=O) groups is 1. The fourth-order valence-electron chi connectivity index (χ4n) is 3.01. The molecule has 0 fully saturated rings. The first-order valence-corrected chi connectivity index (χ1v) is 8.68. The lowest BCUT2D eigenvalue weighted by Gasteiger charge is -2.07. The number of rotatable bonds is 6. The van der Waals surface area contributed by atoms with Crippen LogP contribution in [-0.4, -0.2) is 22.4 Å². The highest BCUT2D eigenvalue weighted by atomic mass is 16.5. The Bertz CT molecular complexity index is 1020. The normalized spacial score (nSPS) is 10.9. The molecule has 0 aliphatic rings. The van der Waals surface area contributed by atoms with Crippen LogP contribution in [0.2, 0.25) is 0 Å². The van der Waals surface area contributed by atoms with Crippen molar-refractivity contribution in [2.75, 3.05) is 6.61 Å². The fourth-order valence-corrected chi connectivity index (χ4v) is 3.01. The van der Waals surface area contributed by atoms with Gasteiger partial charge >= 0.3 is 5.97 Å². The van der Waals surface area contributed by atoms with E-state index in [0.29, 0.717) is 35.1 Å². The summed E-state index contributed by atoms with van der Waals surface area (Å²) in [5, 5.41) is 4.75. The molecule has 0 aliphatic carbocycles. The minimum atomic E-state index is -0.328. The van der Waals surface area contributed by atoms with Gasteiger partial charge in [-0.1, -0.05) is 18.2 Å². The van der Waals surface area contributed by atoms with Crippen molar-refractivity contribution >= 4 is 5.97 Å². The van der Waals surface area contributed by atoms with Crippen molar-refractivity contribution in [2.45, 2.75) is 13.3 Å². The van der Waals surface area contributed by atoms with Crippen molar-refractivity contribution in [3.05, 3.63) is 72.7 Å². The standard InChI is InChI=1S/C21H18N2O4/c1-2-25-19(24)14-16-20(17-10-6-12-26-17)22-23(15-8-4-3-5-9-15)21(16)18-11-7-13-27-18/h3-13H,2,14H2,1H3. The molecule has 6 nitrogen and oxygen atoms in total. The molecule has 1 aromatic carbocycles. The van der Waals surface area contributed by atoms with E-state index < -0.39 is 0 Å². The van der Waals surface area contributed by atoms with E-state index in [2.05, 4.69) is 0 Å². The van der Waals surface area contributed by atoms with Crippen LogP contribution in [0.15, 0.2) is 76.0 Å². The summed E-state index contributed by atoms with van der Waals surface area (Å²) in [6.45, 7) is 2.10. The van der Waals surface area contributed by atoms with E-state index in [9.17, 15) is 4.79 Å². The summed E-state index contributed by atoms with van der Waals surface area (Å²) in [6.07, 6.45) is 3.24. The summed E-state index contributed by atoms with van der Waals surface area (Å²) < 4.78 is 18.2. The van der Waals surface area contributed by atoms with E-state index in [-0.39, 0.29) is 12.4 Å². The minimum Gasteiger partial charge on any atom is -0.466 e. The molecule has 0 radical (unpaired) electrons. The van der Waals surface area contributed by atoms with Gasteiger partial charge in [0.1, 0.15) is 11.4 Å². The molecule has 4 rings (SSSR count). The number of esters is 1. The summed E-state index contributed by atoms with van der Waals surface area (Å²) in [6, 6.07) is 16.9. The average molecular weight is 362 g/mol. The predicted molar refractivity (Wildman–Crippen MR) is 99.3 cm³/mol. The molecule has 3 heterocycles. The second kappa shape index (κ2) is 7.37. The summed E-state index contributed by atoms with van der Waals surface area (Å²) >= 11 is 0. The number of nitrogens with zero attached hydrogens (tertiary/aromatic N) is 2. The third-order valence-electron chi connectivity index (χ3n) is 4.12. The Morgan fingerprint density at radius 1 is 1.00 bits per heavy atom. The zero-order valence-corrected chi connectivity index (χ0v) is 14.8. The van der Waals surface area contributed by atoms with Crippen LogP contribution in [0.4, 0.5) is 0 Å². The van der Waals surface area contributed by atoms with Crippen molar-refractivity contribution in [3.63, 3.8) is 0 Å². The number of ether oxygens (including phenoxy) is 1. The largest absolute Gasteiger partial charge is 0.466 e. The molecule has 0 bridgehead atoms. The van der Waals surface area contributed by atoms with E-state index in [1.807, 2.05) is 42.5 Å². The molecule has 0 amide bonds. The lowest BCUT2D eigenvalue weighted by atomic mass is 10.1. The van der Waals surface area contributed by atoms with Crippen LogP contribution in [0.1, 0.15) is 12.5 Å². The van der Waals surface area contributed by atoms with Crippen LogP contribution < -0.4 is 0 Å². The molecule has 0 unspecified atom stereocenters. The Balaban J connectivity index is 1.95. The molecule has 0 spiro atoms. The minimum absolute atomic E-state index is 0.0622. The molecule has 3 aromatic heterocycles. The molecule has 0 N–H and O–H groups in total. The smallest absolute Gasteiger partial charge is 0.310 e.